The number of aliphatic hydroxyl groups excluding tert-OH is 1. The van der Waals surface area contributed by atoms with Crippen LogP contribution in [0.1, 0.15) is 51.2 Å². The van der Waals surface area contributed by atoms with E-state index >= 15 is 0 Å². The first-order chi connectivity index (χ1) is 16.8. The van der Waals surface area contributed by atoms with E-state index < -0.39 is 17.8 Å². The third-order valence-electron chi connectivity index (χ3n) is 5.16. The number of carbonyl (C=O) groups is 2. The molecular weight excluding hydrogens is 452 g/mol. The number of ether oxygens (including phenoxy) is 4. The molecule has 0 saturated carbocycles. The van der Waals surface area contributed by atoms with Crippen LogP contribution in [0.5, 0.6) is 11.5 Å². The van der Waals surface area contributed by atoms with E-state index in [1.54, 1.807) is 37.8 Å². The number of anilines is 1. The fraction of sp³-hybridized carbons (Fsp3) is 0.462. The first-order valence-corrected chi connectivity index (χ1v) is 11.7. The van der Waals surface area contributed by atoms with Crippen molar-refractivity contribution < 1.29 is 33.6 Å². The summed E-state index contributed by atoms with van der Waals surface area (Å²) in [7, 11) is 0. The number of unbranched alkanes of at least 4 members (excludes halogenated alkanes) is 2. The zero-order valence-electron chi connectivity index (χ0n) is 20.5. The van der Waals surface area contributed by atoms with E-state index in [1.807, 2.05) is 30.3 Å². The van der Waals surface area contributed by atoms with Crippen molar-refractivity contribution in [3.05, 3.63) is 53.6 Å². The van der Waals surface area contributed by atoms with Crippen molar-refractivity contribution in [2.75, 3.05) is 25.3 Å². The molecular formula is C26H34N2O7. The Labute approximate surface area is 205 Å². The number of hydrogen-bond acceptors (Lipinski definition) is 7. The summed E-state index contributed by atoms with van der Waals surface area (Å²) in [5.74, 6) is 0.896. The maximum atomic E-state index is 13.0. The van der Waals surface area contributed by atoms with Gasteiger partial charge in [0.25, 0.3) is 0 Å². The normalized spacial score (nSPS) is 12.2. The number of nitrogens with one attached hydrogen (secondary N) is 1. The van der Waals surface area contributed by atoms with Crippen molar-refractivity contribution in [3.63, 3.8) is 0 Å². The number of benzene rings is 2. The van der Waals surface area contributed by atoms with E-state index in [1.165, 1.54) is 0 Å². The van der Waals surface area contributed by atoms with Crippen LogP contribution in [0.2, 0.25) is 0 Å². The third kappa shape index (κ3) is 8.06. The number of carbonyl (C=O) groups excluding carboxylic acids is 2. The Kier molecular flexibility index (Phi) is 9.19. The van der Waals surface area contributed by atoms with Gasteiger partial charge in [-0.05, 0) is 57.2 Å². The van der Waals surface area contributed by atoms with Gasteiger partial charge < -0.3 is 29.0 Å². The van der Waals surface area contributed by atoms with Crippen molar-refractivity contribution >= 4 is 17.9 Å². The largest absolute Gasteiger partial charge is 0.454 e. The molecule has 1 aliphatic rings. The van der Waals surface area contributed by atoms with Crippen molar-refractivity contribution in [1.82, 2.24) is 4.90 Å². The average Bonchev–Trinajstić information content (AvgIpc) is 3.29. The van der Waals surface area contributed by atoms with Gasteiger partial charge in [0.05, 0.1) is 12.2 Å². The predicted molar refractivity (Wildman–Crippen MR) is 130 cm³/mol. The van der Waals surface area contributed by atoms with Crippen molar-refractivity contribution in [3.8, 4) is 11.5 Å². The molecule has 1 heterocycles. The molecule has 0 spiro atoms. The van der Waals surface area contributed by atoms with Crippen molar-refractivity contribution in [2.24, 2.45) is 0 Å². The number of aliphatic hydroxyl groups is 1. The highest BCUT2D eigenvalue weighted by molar-refractivity contribution is 5.89. The van der Waals surface area contributed by atoms with Gasteiger partial charge in [0.15, 0.2) is 11.5 Å². The number of hydrogen-bond donors (Lipinski definition) is 2. The van der Waals surface area contributed by atoms with E-state index in [2.05, 4.69) is 5.32 Å². The summed E-state index contributed by atoms with van der Waals surface area (Å²) in [5.41, 5.74) is 1.25. The van der Waals surface area contributed by atoms with Crippen LogP contribution >= 0.6 is 0 Å². The lowest BCUT2D eigenvalue weighted by Crippen LogP contribution is -2.33. The fourth-order valence-electron chi connectivity index (χ4n) is 3.53. The van der Waals surface area contributed by atoms with Gasteiger partial charge >= 0.3 is 12.2 Å². The number of fused-ring (bicyclic) bond motifs is 1. The first-order valence-electron chi connectivity index (χ1n) is 11.7. The minimum atomic E-state index is -0.681. The quantitative estimate of drug-likeness (QED) is 0.452. The topological polar surface area (TPSA) is 107 Å². The summed E-state index contributed by atoms with van der Waals surface area (Å²) in [4.78, 5) is 27.2. The molecule has 9 nitrogen and oxygen atoms in total. The van der Waals surface area contributed by atoms with Crippen LogP contribution in [0.4, 0.5) is 15.3 Å². The smallest absolute Gasteiger partial charge is 0.412 e. The molecule has 0 saturated heterocycles. The lowest BCUT2D eigenvalue weighted by molar-refractivity contribution is 0.0635. The molecule has 2 N–H and O–H groups in total. The Morgan fingerprint density at radius 1 is 1.06 bits per heavy atom. The second-order valence-electron chi connectivity index (χ2n) is 9.21. The van der Waals surface area contributed by atoms with Crippen LogP contribution in [-0.2, 0) is 22.6 Å². The number of rotatable bonds is 10. The Morgan fingerprint density at radius 2 is 1.83 bits per heavy atom. The van der Waals surface area contributed by atoms with Crippen LogP contribution in [0.15, 0.2) is 42.5 Å². The SMILES string of the molecule is CC(C)(C)OC(=O)Nc1c(CN(CCCCCO)C(=O)OCc2ccccc2)ccc2c1OCO2. The van der Waals surface area contributed by atoms with Crippen molar-refractivity contribution in [2.45, 2.75) is 58.8 Å². The minimum absolute atomic E-state index is 0.0335. The number of nitrogens with zero attached hydrogens (tertiary/aromatic N) is 1. The highest BCUT2D eigenvalue weighted by atomic mass is 16.7. The van der Waals surface area contributed by atoms with Crippen LogP contribution in [0, 0.1) is 0 Å². The summed E-state index contributed by atoms with van der Waals surface area (Å²) >= 11 is 0. The van der Waals surface area contributed by atoms with Gasteiger partial charge in [0, 0.05) is 13.2 Å². The maximum Gasteiger partial charge on any atom is 0.412 e. The third-order valence-corrected chi connectivity index (χ3v) is 5.16. The maximum absolute atomic E-state index is 13.0. The number of amides is 2. The zero-order chi connectivity index (χ0) is 25.3. The van der Waals surface area contributed by atoms with Gasteiger partial charge in [0.1, 0.15) is 12.2 Å². The fourth-order valence-corrected chi connectivity index (χ4v) is 3.53. The minimum Gasteiger partial charge on any atom is -0.454 e. The van der Waals surface area contributed by atoms with Crippen LogP contribution in [0.25, 0.3) is 0 Å². The molecule has 9 heteroatoms. The predicted octanol–water partition coefficient (Wildman–Crippen LogP) is 5.06. The summed E-state index contributed by atoms with van der Waals surface area (Å²) in [6.07, 6.45) is 1.01. The van der Waals surface area contributed by atoms with Crippen molar-refractivity contribution in [1.29, 1.82) is 0 Å². The summed E-state index contributed by atoms with van der Waals surface area (Å²) in [6, 6.07) is 13.0. The summed E-state index contributed by atoms with van der Waals surface area (Å²) in [5, 5.41) is 11.9. The molecule has 190 valence electrons. The summed E-state index contributed by atoms with van der Waals surface area (Å²) < 4.78 is 22.1. The van der Waals surface area contributed by atoms with Gasteiger partial charge in [-0.3, -0.25) is 5.32 Å². The van der Waals surface area contributed by atoms with Crippen LogP contribution in [0.3, 0.4) is 0 Å². The molecule has 1 aliphatic heterocycles. The zero-order valence-corrected chi connectivity index (χ0v) is 20.5. The second-order valence-corrected chi connectivity index (χ2v) is 9.21. The van der Waals surface area contributed by atoms with E-state index in [0.717, 1.165) is 12.0 Å². The average molecular weight is 487 g/mol. The molecule has 2 aromatic rings. The molecule has 3 rings (SSSR count). The molecule has 0 aliphatic carbocycles. The van der Waals surface area contributed by atoms with Gasteiger partial charge in [-0.2, -0.15) is 0 Å². The molecule has 2 amide bonds. The molecule has 35 heavy (non-hydrogen) atoms. The van der Waals surface area contributed by atoms with Gasteiger partial charge in [-0.1, -0.05) is 36.4 Å². The highest BCUT2D eigenvalue weighted by Crippen LogP contribution is 2.42. The van der Waals surface area contributed by atoms with Crippen LogP contribution in [-0.4, -0.2) is 47.7 Å². The summed E-state index contributed by atoms with van der Waals surface area (Å²) in [6.45, 7) is 6.22. The molecule has 0 atom stereocenters. The van der Waals surface area contributed by atoms with Gasteiger partial charge in [-0.15, -0.1) is 0 Å². The van der Waals surface area contributed by atoms with Gasteiger partial charge in [0.2, 0.25) is 6.79 Å². The van der Waals surface area contributed by atoms with E-state index in [4.69, 9.17) is 24.1 Å². The van der Waals surface area contributed by atoms with Crippen LogP contribution < -0.4 is 14.8 Å². The molecule has 0 bridgehead atoms. The Morgan fingerprint density at radius 3 is 2.54 bits per heavy atom. The first kappa shape index (κ1) is 26.2. The standard InChI is InChI=1S/C26H34N2O7/c1-26(2,3)35-24(30)27-22-20(12-13-21-23(22)34-18-33-21)16-28(14-8-5-9-15-29)25(31)32-17-19-10-6-4-7-11-19/h4,6-7,10-13,29H,5,8-9,14-18H2,1-3H3,(H,27,30). The monoisotopic (exact) mass is 486 g/mol. The molecule has 0 fully saturated rings. The molecule has 0 unspecified atom stereocenters. The Bertz CT molecular complexity index is 989. The van der Waals surface area contributed by atoms with Gasteiger partial charge in [-0.25, -0.2) is 9.59 Å². The lowest BCUT2D eigenvalue weighted by atomic mass is 10.1. The second kappa shape index (κ2) is 12.3. The van der Waals surface area contributed by atoms with E-state index in [9.17, 15) is 9.59 Å². The lowest BCUT2D eigenvalue weighted by Gasteiger charge is -2.25. The highest BCUT2D eigenvalue weighted by Gasteiger charge is 2.27. The molecule has 0 radical (unpaired) electrons. The van der Waals surface area contributed by atoms with E-state index in [-0.39, 0.29) is 26.6 Å². The molecule has 0 aromatic heterocycles. The van der Waals surface area contributed by atoms with E-state index in [0.29, 0.717) is 42.1 Å². The Balaban J connectivity index is 1.79. The molecule has 2 aromatic carbocycles. The Hall–Kier alpha value is -3.46.